The summed E-state index contributed by atoms with van der Waals surface area (Å²) in [6, 6.07) is 8.39. The Kier molecular flexibility index (Phi) is 4.88. The van der Waals surface area contributed by atoms with E-state index in [2.05, 4.69) is 5.32 Å². The van der Waals surface area contributed by atoms with Gasteiger partial charge in [-0.3, -0.25) is 9.59 Å². The molecule has 2 amide bonds. The maximum absolute atomic E-state index is 11.8. The highest BCUT2D eigenvalue weighted by molar-refractivity contribution is 6.03. The van der Waals surface area contributed by atoms with E-state index in [1.165, 1.54) is 6.07 Å². The molecule has 0 saturated carbocycles. The molecular weight excluding hydrogens is 230 g/mol. The Morgan fingerprint density at radius 2 is 2.11 bits per heavy atom. The van der Waals surface area contributed by atoms with Crippen molar-refractivity contribution in [1.29, 1.82) is 5.26 Å². The van der Waals surface area contributed by atoms with E-state index < -0.39 is 17.7 Å². The summed E-state index contributed by atoms with van der Waals surface area (Å²) < 4.78 is 0. The second kappa shape index (κ2) is 6.40. The Hall–Kier alpha value is -2.35. The number of nitrogens with one attached hydrogen (secondary N) is 1. The number of primary amides is 1. The van der Waals surface area contributed by atoms with Crippen LogP contribution in [0.2, 0.25) is 0 Å². The van der Waals surface area contributed by atoms with Gasteiger partial charge in [0.1, 0.15) is 5.92 Å². The summed E-state index contributed by atoms with van der Waals surface area (Å²) in [5, 5.41) is 11.4. The Balaban J connectivity index is 2.88. The summed E-state index contributed by atoms with van der Waals surface area (Å²) in [5.41, 5.74) is 5.78. The maximum atomic E-state index is 11.8. The highest BCUT2D eigenvalue weighted by atomic mass is 16.2. The number of rotatable bonds is 5. The third-order valence-electron chi connectivity index (χ3n) is 2.50. The predicted molar refractivity (Wildman–Crippen MR) is 67.6 cm³/mol. The van der Waals surface area contributed by atoms with Crippen LogP contribution in [0.15, 0.2) is 24.3 Å². The van der Waals surface area contributed by atoms with Crippen molar-refractivity contribution in [2.75, 3.05) is 5.32 Å². The number of amides is 2. The van der Waals surface area contributed by atoms with Crippen LogP contribution >= 0.6 is 0 Å². The fourth-order valence-corrected chi connectivity index (χ4v) is 1.57. The summed E-state index contributed by atoms with van der Waals surface area (Å²) in [6.07, 6.45) is 1.23. The molecule has 5 nitrogen and oxygen atoms in total. The van der Waals surface area contributed by atoms with Gasteiger partial charge in [0.05, 0.1) is 17.3 Å². The monoisotopic (exact) mass is 245 g/mol. The molecule has 18 heavy (non-hydrogen) atoms. The van der Waals surface area contributed by atoms with Crippen LogP contribution in [0.5, 0.6) is 0 Å². The molecule has 1 aromatic rings. The third-order valence-corrected chi connectivity index (χ3v) is 2.50. The Morgan fingerprint density at radius 1 is 1.44 bits per heavy atom. The number of benzene rings is 1. The fourth-order valence-electron chi connectivity index (χ4n) is 1.57. The molecule has 1 atom stereocenters. The second-order valence-electron chi connectivity index (χ2n) is 3.87. The number of nitrogens with zero attached hydrogens (tertiary/aromatic N) is 1. The predicted octanol–water partition coefficient (Wildman–Crippen LogP) is 1.66. The topological polar surface area (TPSA) is 96.0 Å². The van der Waals surface area contributed by atoms with Crippen LogP contribution in [0.25, 0.3) is 0 Å². The number of hydrogen-bond donors (Lipinski definition) is 2. The first kappa shape index (κ1) is 13.7. The van der Waals surface area contributed by atoms with Crippen molar-refractivity contribution in [3.8, 4) is 6.07 Å². The normalized spacial score (nSPS) is 11.3. The van der Waals surface area contributed by atoms with Gasteiger partial charge >= 0.3 is 0 Å². The minimum absolute atomic E-state index is 0.235. The van der Waals surface area contributed by atoms with Gasteiger partial charge in [-0.15, -0.1) is 0 Å². The van der Waals surface area contributed by atoms with E-state index >= 15 is 0 Å². The molecule has 0 radical (unpaired) electrons. The van der Waals surface area contributed by atoms with Gasteiger partial charge in [-0.1, -0.05) is 25.5 Å². The molecule has 3 N–H and O–H groups in total. The van der Waals surface area contributed by atoms with E-state index in [1.807, 2.05) is 13.0 Å². The van der Waals surface area contributed by atoms with Crippen molar-refractivity contribution in [3.63, 3.8) is 0 Å². The van der Waals surface area contributed by atoms with Gasteiger partial charge in [-0.2, -0.15) is 5.26 Å². The molecule has 1 rings (SSSR count). The highest BCUT2D eigenvalue weighted by Gasteiger charge is 2.18. The maximum Gasteiger partial charge on any atom is 0.250 e. The molecular formula is C13H15N3O2. The van der Waals surface area contributed by atoms with E-state index in [-0.39, 0.29) is 5.56 Å². The average molecular weight is 245 g/mol. The number of carbonyl (C=O) groups is 2. The lowest BCUT2D eigenvalue weighted by molar-refractivity contribution is -0.118. The quantitative estimate of drug-likeness (QED) is 0.825. The lowest BCUT2D eigenvalue weighted by Crippen LogP contribution is -2.23. The van der Waals surface area contributed by atoms with Crippen LogP contribution in [0.4, 0.5) is 5.69 Å². The van der Waals surface area contributed by atoms with E-state index in [9.17, 15) is 9.59 Å². The van der Waals surface area contributed by atoms with E-state index in [1.54, 1.807) is 18.2 Å². The standard InChI is InChI=1S/C13H15N3O2/c1-2-5-9(8-14)13(18)16-11-7-4-3-6-10(11)12(15)17/h3-4,6-7,9H,2,5H2,1H3,(H2,15,17)(H,16,18). The summed E-state index contributed by atoms with van der Waals surface area (Å²) in [6.45, 7) is 1.90. The number of nitriles is 1. The summed E-state index contributed by atoms with van der Waals surface area (Å²) in [4.78, 5) is 23.0. The van der Waals surface area contributed by atoms with Crippen molar-refractivity contribution >= 4 is 17.5 Å². The first-order valence-electron chi connectivity index (χ1n) is 5.69. The number of para-hydroxylation sites is 1. The Bertz CT molecular complexity index is 491. The largest absolute Gasteiger partial charge is 0.366 e. The summed E-state index contributed by atoms with van der Waals surface area (Å²) >= 11 is 0. The second-order valence-corrected chi connectivity index (χ2v) is 3.87. The first-order chi connectivity index (χ1) is 8.60. The molecule has 94 valence electrons. The lowest BCUT2D eigenvalue weighted by atomic mass is 10.0. The van der Waals surface area contributed by atoms with Crippen LogP contribution in [0.1, 0.15) is 30.1 Å². The molecule has 0 saturated heterocycles. The number of nitrogens with two attached hydrogens (primary N) is 1. The van der Waals surface area contributed by atoms with Crippen LogP contribution < -0.4 is 11.1 Å². The van der Waals surface area contributed by atoms with E-state index in [0.29, 0.717) is 12.1 Å². The van der Waals surface area contributed by atoms with E-state index in [0.717, 1.165) is 6.42 Å². The van der Waals surface area contributed by atoms with Gasteiger partial charge in [0, 0.05) is 0 Å². The number of carbonyl (C=O) groups excluding carboxylic acids is 2. The van der Waals surface area contributed by atoms with Gasteiger partial charge in [-0.25, -0.2) is 0 Å². The number of hydrogen-bond acceptors (Lipinski definition) is 3. The fraction of sp³-hybridized carbons (Fsp3) is 0.308. The zero-order valence-electron chi connectivity index (χ0n) is 10.1. The molecule has 1 aromatic carbocycles. The van der Waals surface area contributed by atoms with Gasteiger partial charge in [0.2, 0.25) is 5.91 Å². The molecule has 0 aliphatic carbocycles. The highest BCUT2D eigenvalue weighted by Crippen LogP contribution is 2.16. The molecule has 0 fully saturated rings. The lowest BCUT2D eigenvalue weighted by Gasteiger charge is -2.11. The van der Waals surface area contributed by atoms with Gasteiger partial charge in [0.15, 0.2) is 0 Å². The molecule has 0 heterocycles. The first-order valence-corrected chi connectivity index (χ1v) is 5.69. The summed E-state index contributed by atoms with van der Waals surface area (Å²) in [7, 11) is 0. The van der Waals surface area contributed by atoms with Crippen LogP contribution in [0, 0.1) is 17.2 Å². The minimum atomic E-state index is -0.712. The zero-order chi connectivity index (χ0) is 13.5. The molecule has 0 spiro atoms. The Morgan fingerprint density at radius 3 is 2.67 bits per heavy atom. The Labute approximate surface area is 106 Å². The third kappa shape index (κ3) is 3.32. The van der Waals surface area contributed by atoms with Gasteiger partial charge < -0.3 is 11.1 Å². The SMILES string of the molecule is CCCC(C#N)C(=O)Nc1ccccc1C(N)=O. The molecule has 0 bridgehead atoms. The van der Waals surface area contributed by atoms with Crippen LogP contribution in [0.3, 0.4) is 0 Å². The molecule has 1 unspecified atom stereocenters. The summed E-state index contributed by atoms with van der Waals surface area (Å²) in [5.74, 6) is -1.74. The number of anilines is 1. The smallest absolute Gasteiger partial charge is 0.250 e. The van der Waals surface area contributed by atoms with Crippen molar-refractivity contribution < 1.29 is 9.59 Å². The molecule has 0 aliphatic heterocycles. The average Bonchev–Trinajstić information content (AvgIpc) is 2.36. The van der Waals surface area contributed by atoms with Crippen molar-refractivity contribution in [1.82, 2.24) is 0 Å². The van der Waals surface area contributed by atoms with Gasteiger partial charge in [0.25, 0.3) is 5.91 Å². The van der Waals surface area contributed by atoms with E-state index in [4.69, 9.17) is 11.0 Å². The zero-order valence-corrected chi connectivity index (χ0v) is 10.1. The minimum Gasteiger partial charge on any atom is -0.366 e. The van der Waals surface area contributed by atoms with Gasteiger partial charge in [-0.05, 0) is 18.6 Å². The molecule has 0 aliphatic rings. The van der Waals surface area contributed by atoms with Crippen molar-refractivity contribution in [2.45, 2.75) is 19.8 Å². The van der Waals surface area contributed by atoms with Crippen LogP contribution in [-0.2, 0) is 4.79 Å². The molecule has 5 heteroatoms. The molecule has 0 aromatic heterocycles. The van der Waals surface area contributed by atoms with Crippen LogP contribution in [-0.4, -0.2) is 11.8 Å². The van der Waals surface area contributed by atoms with Crippen molar-refractivity contribution in [2.24, 2.45) is 11.7 Å². The van der Waals surface area contributed by atoms with Crippen molar-refractivity contribution in [3.05, 3.63) is 29.8 Å².